The van der Waals surface area contributed by atoms with Crippen LogP contribution in [0.25, 0.3) is 0 Å². The molecule has 1 aromatic carbocycles. The third-order valence-corrected chi connectivity index (χ3v) is 4.21. The Kier molecular flexibility index (Phi) is 3.51. The third kappa shape index (κ3) is 2.95. The highest BCUT2D eigenvalue weighted by molar-refractivity contribution is 9.10. The summed E-state index contributed by atoms with van der Waals surface area (Å²) >= 11 is 3.50. The van der Waals surface area contributed by atoms with Gasteiger partial charge in [-0.05, 0) is 40.8 Å². The van der Waals surface area contributed by atoms with E-state index in [1.165, 1.54) is 18.4 Å². The second kappa shape index (κ2) is 5.29. The van der Waals surface area contributed by atoms with Gasteiger partial charge in [0, 0.05) is 12.3 Å². The van der Waals surface area contributed by atoms with Crippen LogP contribution in [0.1, 0.15) is 35.8 Å². The lowest BCUT2D eigenvalue weighted by Gasteiger charge is -2.08. The topological polar surface area (TPSA) is 51.8 Å². The van der Waals surface area contributed by atoms with Crippen molar-refractivity contribution in [2.75, 3.05) is 5.73 Å². The first-order valence-corrected chi connectivity index (χ1v) is 7.39. The van der Waals surface area contributed by atoms with Gasteiger partial charge in [-0.15, -0.1) is 0 Å². The van der Waals surface area contributed by atoms with Crippen LogP contribution in [0.2, 0.25) is 0 Å². The average Bonchev–Trinajstić information content (AvgIpc) is 3.25. The summed E-state index contributed by atoms with van der Waals surface area (Å²) in [5, 5.41) is 0. The van der Waals surface area contributed by atoms with Crippen molar-refractivity contribution in [2.45, 2.75) is 31.6 Å². The van der Waals surface area contributed by atoms with Crippen LogP contribution < -0.4 is 5.73 Å². The highest BCUT2D eigenvalue weighted by atomic mass is 79.9. The van der Waals surface area contributed by atoms with E-state index in [9.17, 15) is 0 Å². The number of nitrogens with zero attached hydrogens (tertiary/aromatic N) is 2. The van der Waals surface area contributed by atoms with Gasteiger partial charge in [-0.2, -0.15) is 0 Å². The van der Waals surface area contributed by atoms with E-state index in [0.717, 1.165) is 28.8 Å². The number of hydrogen-bond acceptors (Lipinski definition) is 3. The number of aromatic nitrogens is 2. The maximum Gasteiger partial charge on any atom is 0.141 e. The summed E-state index contributed by atoms with van der Waals surface area (Å²) in [4.78, 5) is 9.05. The van der Waals surface area contributed by atoms with Gasteiger partial charge in [-0.3, -0.25) is 0 Å². The Morgan fingerprint density at radius 3 is 2.53 bits per heavy atom. The van der Waals surface area contributed by atoms with Crippen molar-refractivity contribution in [3.8, 4) is 0 Å². The predicted molar refractivity (Wildman–Crippen MR) is 80.0 cm³/mol. The van der Waals surface area contributed by atoms with Crippen LogP contribution in [0.4, 0.5) is 5.82 Å². The second-order valence-electron chi connectivity index (χ2n) is 4.98. The number of hydrogen-bond donors (Lipinski definition) is 1. The Hall–Kier alpha value is -1.42. The largest absolute Gasteiger partial charge is 0.383 e. The minimum atomic E-state index is 0.569. The van der Waals surface area contributed by atoms with Crippen molar-refractivity contribution in [3.63, 3.8) is 0 Å². The Morgan fingerprint density at radius 2 is 1.84 bits per heavy atom. The van der Waals surface area contributed by atoms with E-state index in [1.54, 1.807) is 0 Å². The highest BCUT2D eigenvalue weighted by Gasteiger charge is 2.28. The van der Waals surface area contributed by atoms with Crippen molar-refractivity contribution in [2.24, 2.45) is 0 Å². The molecule has 3 nitrogen and oxygen atoms in total. The molecule has 1 saturated carbocycles. The Balaban J connectivity index is 1.77. The van der Waals surface area contributed by atoms with E-state index in [4.69, 9.17) is 5.73 Å². The fourth-order valence-corrected chi connectivity index (χ4v) is 2.67. The molecule has 0 amide bonds. The first-order valence-electron chi connectivity index (χ1n) is 6.60. The number of benzene rings is 1. The first kappa shape index (κ1) is 12.6. The first-order chi connectivity index (χ1) is 9.24. The van der Waals surface area contributed by atoms with Gasteiger partial charge in [-0.1, -0.05) is 30.3 Å². The third-order valence-electron chi connectivity index (χ3n) is 3.39. The lowest BCUT2D eigenvalue weighted by atomic mass is 10.1. The molecule has 1 aliphatic carbocycles. The van der Waals surface area contributed by atoms with Crippen LogP contribution >= 0.6 is 15.9 Å². The van der Waals surface area contributed by atoms with Gasteiger partial charge in [0.05, 0.1) is 10.2 Å². The number of nitrogens with two attached hydrogens (primary N) is 1. The minimum Gasteiger partial charge on any atom is -0.383 e. The van der Waals surface area contributed by atoms with Crippen molar-refractivity contribution in [1.82, 2.24) is 9.97 Å². The van der Waals surface area contributed by atoms with E-state index < -0.39 is 0 Å². The molecule has 0 radical (unpaired) electrons. The van der Waals surface area contributed by atoms with E-state index in [1.807, 2.05) is 6.07 Å². The molecule has 2 aromatic rings. The van der Waals surface area contributed by atoms with Crippen molar-refractivity contribution in [3.05, 3.63) is 51.9 Å². The van der Waals surface area contributed by atoms with Crippen LogP contribution in [0.15, 0.2) is 34.8 Å². The van der Waals surface area contributed by atoms with E-state index in [2.05, 4.69) is 50.2 Å². The summed E-state index contributed by atoms with van der Waals surface area (Å²) in [5.74, 6) is 2.00. The molecule has 1 aliphatic rings. The summed E-state index contributed by atoms with van der Waals surface area (Å²) in [5.41, 5.74) is 8.36. The smallest absolute Gasteiger partial charge is 0.141 e. The van der Waals surface area contributed by atoms with Crippen LogP contribution in [-0.4, -0.2) is 9.97 Å². The summed E-state index contributed by atoms with van der Waals surface area (Å²) in [6.07, 6.45) is 4.22. The standard InChI is InChI=1S/C15H16BrN3/c16-13-14(11-7-8-11)18-12(19-15(13)17)9-6-10-4-2-1-3-5-10/h1-5,11H,6-9H2,(H2,17,18,19). The van der Waals surface area contributed by atoms with Gasteiger partial charge < -0.3 is 5.73 Å². The summed E-state index contributed by atoms with van der Waals surface area (Å²) in [6.45, 7) is 0. The normalized spacial score (nSPS) is 14.6. The minimum absolute atomic E-state index is 0.569. The lowest BCUT2D eigenvalue weighted by Crippen LogP contribution is -2.06. The Bertz CT molecular complexity index is 579. The quantitative estimate of drug-likeness (QED) is 0.939. The molecule has 1 fully saturated rings. The molecule has 1 heterocycles. The summed E-state index contributed by atoms with van der Waals surface area (Å²) in [6, 6.07) is 10.4. The summed E-state index contributed by atoms with van der Waals surface area (Å²) < 4.78 is 0.887. The molecule has 19 heavy (non-hydrogen) atoms. The second-order valence-corrected chi connectivity index (χ2v) is 5.78. The average molecular weight is 318 g/mol. The number of aryl methyl sites for hydroxylation is 2. The van der Waals surface area contributed by atoms with Gasteiger partial charge in [0.15, 0.2) is 0 Å². The molecule has 0 aliphatic heterocycles. The Morgan fingerprint density at radius 1 is 1.11 bits per heavy atom. The number of nitrogen functional groups attached to an aromatic ring is 1. The molecule has 0 atom stereocenters. The van der Waals surface area contributed by atoms with Crippen molar-refractivity contribution < 1.29 is 0 Å². The molecule has 3 rings (SSSR count). The Labute approximate surface area is 121 Å². The highest BCUT2D eigenvalue weighted by Crippen LogP contribution is 2.43. The molecule has 0 unspecified atom stereocenters. The zero-order valence-electron chi connectivity index (χ0n) is 10.6. The van der Waals surface area contributed by atoms with Crippen molar-refractivity contribution >= 4 is 21.7 Å². The van der Waals surface area contributed by atoms with Crippen LogP contribution in [-0.2, 0) is 12.8 Å². The number of rotatable bonds is 4. The maximum absolute atomic E-state index is 5.96. The number of halogens is 1. The van der Waals surface area contributed by atoms with Gasteiger partial charge in [0.2, 0.25) is 0 Å². The van der Waals surface area contributed by atoms with Crippen molar-refractivity contribution in [1.29, 1.82) is 0 Å². The SMILES string of the molecule is Nc1nc(CCc2ccccc2)nc(C2CC2)c1Br. The number of anilines is 1. The zero-order chi connectivity index (χ0) is 13.2. The van der Waals surface area contributed by atoms with Gasteiger partial charge >= 0.3 is 0 Å². The van der Waals surface area contributed by atoms with E-state index in [0.29, 0.717) is 11.7 Å². The molecule has 0 spiro atoms. The van der Waals surface area contributed by atoms with E-state index in [-0.39, 0.29) is 0 Å². The molecule has 98 valence electrons. The molecule has 0 saturated heterocycles. The fourth-order valence-electron chi connectivity index (χ4n) is 2.17. The zero-order valence-corrected chi connectivity index (χ0v) is 12.2. The molecule has 1 aromatic heterocycles. The van der Waals surface area contributed by atoms with Crippen LogP contribution in [0.5, 0.6) is 0 Å². The van der Waals surface area contributed by atoms with Gasteiger partial charge in [0.1, 0.15) is 11.6 Å². The molecular formula is C15H16BrN3. The molecule has 0 bridgehead atoms. The van der Waals surface area contributed by atoms with Crippen LogP contribution in [0.3, 0.4) is 0 Å². The molecule has 2 N–H and O–H groups in total. The predicted octanol–water partition coefficient (Wildman–Crippen LogP) is 3.48. The summed E-state index contributed by atoms with van der Waals surface area (Å²) in [7, 11) is 0. The molecule has 4 heteroatoms. The van der Waals surface area contributed by atoms with E-state index >= 15 is 0 Å². The lowest BCUT2D eigenvalue weighted by molar-refractivity contribution is 0.828. The monoisotopic (exact) mass is 317 g/mol. The van der Waals surface area contributed by atoms with Crippen LogP contribution in [0, 0.1) is 0 Å². The van der Waals surface area contributed by atoms with Gasteiger partial charge in [0.25, 0.3) is 0 Å². The maximum atomic E-state index is 5.96. The molecular weight excluding hydrogens is 302 g/mol. The fraction of sp³-hybridized carbons (Fsp3) is 0.333. The van der Waals surface area contributed by atoms with Gasteiger partial charge in [-0.25, -0.2) is 9.97 Å².